The van der Waals surface area contributed by atoms with Crippen LogP contribution in [0.25, 0.3) is 0 Å². The summed E-state index contributed by atoms with van der Waals surface area (Å²) in [5.41, 5.74) is 8.61. The first-order valence-electron chi connectivity index (χ1n) is 5.19. The quantitative estimate of drug-likeness (QED) is 0.266. The van der Waals surface area contributed by atoms with Crippen molar-refractivity contribution in [1.29, 1.82) is 0 Å². The Morgan fingerprint density at radius 2 is 0.913 bits per heavy atom. The SMILES string of the molecule is C1=CC=[Si]C=C1.C1=CC=[Si]C=C1.[O]=[Cr](=[O])([O-])[OH].[O]=[Cr](=[O])([O-])[OH].[Pb+2]. The summed E-state index contributed by atoms with van der Waals surface area (Å²) in [4.78, 5) is 0. The Labute approximate surface area is 162 Å². The second-order valence-electron chi connectivity index (χ2n) is 3.01. The molecule has 0 bridgehead atoms. The number of rotatable bonds is 0. The van der Waals surface area contributed by atoms with Crippen molar-refractivity contribution in [2.45, 2.75) is 0 Å². The fraction of sp³-hybridized carbons (Fsp3) is 0. The molecule has 0 aliphatic carbocycles. The van der Waals surface area contributed by atoms with Gasteiger partial charge < -0.3 is 0 Å². The van der Waals surface area contributed by atoms with E-state index in [0.29, 0.717) is 0 Å². The summed E-state index contributed by atoms with van der Waals surface area (Å²) in [6.07, 6.45) is 12.3. The minimum absolute atomic E-state index is 0. The summed E-state index contributed by atoms with van der Waals surface area (Å²) in [6.45, 7) is 0. The average molecular weight is 628 g/mol. The summed E-state index contributed by atoms with van der Waals surface area (Å²) in [7, 11) is 1.82. The van der Waals surface area contributed by atoms with Gasteiger partial charge in [-0.2, -0.15) is 0 Å². The van der Waals surface area contributed by atoms with Gasteiger partial charge in [-0.1, -0.05) is 59.2 Å². The molecule has 0 amide bonds. The normalized spacial score (nSPS) is 13.4. The van der Waals surface area contributed by atoms with Crippen LogP contribution in [0.1, 0.15) is 0 Å². The van der Waals surface area contributed by atoms with E-state index in [2.05, 4.69) is 47.0 Å². The zero-order chi connectivity index (χ0) is 17.5. The molecule has 13 heteroatoms. The minimum Gasteiger partial charge on any atom is 2.00 e. The van der Waals surface area contributed by atoms with Crippen LogP contribution in [-0.2, 0) is 42.4 Å². The molecule has 0 saturated heterocycles. The molecule has 8 nitrogen and oxygen atoms in total. The Morgan fingerprint density at radius 1 is 0.652 bits per heavy atom. The van der Waals surface area contributed by atoms with Gasteiger partial charge in [0.25, 0.3) is 0 Å². The summed E-state index contributed by atoms with van der Waals surface area (Å²) in [5, 5.41) is 0. The van der Waals surface area contributed by atoms with E-state index in [4.69, 9.17) is 31.8 Å². The largest absolute Gasteiger partial charge is 2.00 e. The topological polar surface area (TPSA) is 155 Å². The zero-order valence-electron chi connectivity index (χ0n) is 11.4. The van der Waals surface area contributed by atoms with Crippen LogP contribution in [0.15, 0.2) is 47.9 Å². The minimum atomic E-state index is -5.50. The molecule has 2 N–H and O–H groups in total. The summed E-state index contributed by atoms with van der Waals surface area (Å²) >= 11 is -11.0. The monoisotopic (exact) mass is 628 g/mol. The Bertz CT molecular complexity index is 528. The van der Waals surface area contributed by atoms with Crippen molar-refractivity contribution in [2.75, 3.05) is 0 Å². The Hall–Kier alpha value is 0.161. The van der Waals surface area contributed by atoms with Crippen LogP contribution in [0.4, 0.5) is 0 Å². The van der Waals surface area contributed by atoms with Gasteiger partial charge in [-0.05, 0) is 0 Å². The van der Waals surface area contributed by atoms with Gasteiger partial charge in [0.05, 0.1) is 18.3 Å². The molecule has 0 unspecified atom stereocenters. The van der Waals surface area contributed by atoms with Crippen molar-refractivity contribution in [1.82, 2.24) is 0 Å². The van der Waals surface area contributed by atoms with Gasteiger partial charge in [0.2, 0.25) is 0 Å². The van der Waals surface area contributed by atoms with Gasteiger partial charge in [-0.15, -0.1) is 0 Å². The van der Waals surface area contributed by atoms with Crippen molar-refractivity contribution in [2.24, 2.45) is 0 Å². The maximum absolute atomic E-state index is 8.70. The first-order chi connectivity index (χ1) is 10.0. The second kappa shape index (κ2) is 17.0. The molecule has 0 spiro atoms. The number of hydrogen-bond acceptors (Lipinski definition) is 6. The van der Waals surface area contributed by atoms with Crippen molar-refractivity contribution < 1.29 is 59.1 Å². The maximum atomic E-state index is 8.70. The standard InChI is InChI=1S/2C5H5Si.2Cr.2H2O.6O.Pb/c2*1-2-4-6-5-3-1;;;;;;;;;;;/h2*1-5H;;;2*1H2;;;;;;;/q;;2*+1;;;;;;;2*-1;+2/p-2. The van der Waals surface area contributed by atoms with Gasteiger partial charge in [-0.25, -0.2) is 0 Å². The molecule has 2 rings (SSSR count). The van der Waals surface area contributed by atoms with E-state index in [9.17, 15) is 0 Å². The predicted octanol–water partition coefficient (Wildman–Crippen LogP) is -3.20. The van der Waals surface area contributed by atoms with E-state index in [1.807, 2.05) is 12.2 Å². The molecule has 0 aromatic heterocycles. The van der Waals surface area contributed by atoms with Gasteiger partial charge >= 0.3 is 86.4 Å². The van der Waals surface area contributed by atoms with Crippen LogP contribution in [0.5, 0.6) is 0 Å². The average Bonchev–Trinajstić information content (AvgIpc) is 2.40. The summed E-state index contributed by atoms with van der Waals surface area (Å²) in [6, 6.07) is 0. The molecule has 23 heavy (non-hydrogen) atoms. The van der Waals surface area contributed by atoms with E-state index >= 15 is 0 Å². The number of allylic oxidation sites excluding steroid dienone is 6. The van der Waals surface area contributed by atoms with Gasteiger partial charge in [-0.3, -0.25) is 0 Å². The molecule has 0 saturated carbocycles. The van der Waals surface area contributed by atoms with E-state index in [1.54, 1.807) is 0 Å². The smallest absolute Gasteiger partial charge is 2.00 e. The molecule has 4 radical (unpaired) electrons. The maximum Gasteiger partial charge on any atom is 2.00 e. The van der Waals surface area contributed by atoms with Crippen LogP contribution >= 0.6 is 0 Å². The van der Waals surface area contributed by atoms with Crippen molar-refractivity contribution in [3.8, 4) is 0 Å². The molecule has 0 aromatic rings. The third kappa shape index (κ3) is 60.9. The third-order valence-corrected chi connectivity index (χ3v) is 2.75. The van der Waals surface area contributed by atoms with E-state index in [1.165, 1.54) is 0 Å². The fourth-order valence-electron chi connectivity index (χ4n) is 0.684. The Morgan fingerprint density at radius 3 is 0.957 bits per heavy atom. The van der Waals surface area contributed by atoms with E-state index in [-0.39, 0.29) is 27.3 Å². The molecule has 0 fully saturated rings. The Kier molecular flexibility index (Phi) is 20.7. The van der Waals surface area contributed by atoms with Gasteiger partial charge in [0, 0.05) is 0 Å². The van der Waals surface area contributed by atoms with Crippen LogP contribution in [-0.4, -0.2) is 65.2 Å². The summed E-state index contributed by atoms with van der Waals surface area (Å²) in [5.74, 6) is 0. The van der Waals surface area contributed by atoms with Crippen LogP contribution < -0.4 is 8.32 Å². The second-order valence-corrected chi connectivity index (χ2v) is 7.68. The van der Waals surface area contributed by atoms with Crippen LogP contribution in [0.2, 0.25) is 0 Å². The van der Waals surface area contributed by atoms with Crippen molar-refractivity contribution >= 4 is 56.9 Å². The molecule has 0 aromatic carbocycles. The van der Waals surface area contributed by atoms with Crippen molar-refractivity contribution in [3.63, 3.8) is 0 Å². The molecule has 0 atom stereocenters. The molecular weight excluding hydrogens is 615 g/mol. The fourth-order valence-corrected chi connectivity index (χ4v) is 1.79. The molecule has 2 aliphatic heterocycles. The summed E-state index contributed by atoms with van der Waals surface area (Å²) < 4.78 is 66.3. The molecule has 2 aliphatic rings. The van der Waals surface area contributed by atoms with Gasteiger partial charge in [0.1, 0.15) is 0 Å². The van der Waals surface area contributed by atoms with Gasteiger partial charge in [0.15, 0.2) is 0 Å². The van der Waals surface area contributed by atoms with E-state index < -0.39 is 27.2 Å². The predicted molar refractivity (Wildman–Crippen MR) is 73.1 cm³/mol. The number of hydrogen-bond donors (Lipinski definition) is 2. The molecular formula is C10H12Cr2O8PbSi2. The first-order valence-corrected chi connectivity index (χ1v) is 11.8. The van der Waals surface area contributed by atoms with Crippen LogP contribution in [0, 0.1) is 0 Å². The zero-order valence-corrected chi connectivity index (χ0v) is 19.9. The van der Waals surface area contributed by atoms with Crippen LogP contribution in [0.3, 0.4) is 0 Å². The molecule has 2 heterocycles. The third-order valence-electron chi connectivity index (χ3n) is 1.21. The van der Waals surface area contributed by atoms with E-state index in [0.717, 1.165) is 18.3 Å². The first kappa shape index (κ1) is 28.0. The Balaban J connectivity index is -0.000000230. The molecule has 124 valence electrons. The van der Waals surface area contributed by atoms with Crippen molar-refractivity contribution in [3.05, 3.63) is 47.9 Å².